The van der Waals surface area contributed by atoms with Gasteiger partial charge in [-0.2, -0.15) is 5.26 Å². The number of amides is 1. The first-order valence-electron chi connectivity index (χ1n) is 12.8. The summed E-state index contributed by atoms with van der Waals surface area (Å²) in [7, 11) is 0. The van der Waals surface area contributed by atoms with Gasteiger partial charge in [0.1, 0.15) is 11.5 Å². The number of nitrogens with one attached hydrogen (secondary N) is 2. The minimum absolute atomic E-state index is 0.223. The molecule has 2 heterocycles. The average Bonchev–Trinajstić information content (AvgIpc) is 3.01. The van der Waals surface area contributed by atoms with Crippen molar-refractivity contribution in [3.63, 3.8) is 0 Å². The molecule has 0 aliphatic carbocycles. The molecular formula is C32H31N5O2. The Morgan fingerprint density at radius 3 is 2.08 bits per heavy atom. The molecule has 0 saturated heterocycles. The van der Waals surface area contributed by atoms with E-state index in [1.807, 2.05) is 64.1 Å². The fraction of sp³-hybridized carbons (Fsp3) is 0.125. The van der Waals surface area contributed by atoms with Crippen molar-refractivity contribution in [1.82, 2.24) is 9.97 Å². The molecule has 5 aromatic rings. The number of aromatic nitrogens is 2. The Morgan fingerprint density at radius 1 is 0.769 bits per heavy atom. The van der Waals surface area contributed by atoms with Gasteiger partial charge in [-0.3, -0.25) is 14.8 Å². The predicted octanol–water partition coefficient (Wildman–Crippen LogP) is 8.34. The Labute approximate surface area is 229 Å². The maximum absolute atomic E-state index is 12.7. The molecule has 0 atom stereocenters. The number of rotatable bonds is 6. The van der Waals surface area contributed by atoms with E-state index in [1.54, 1.807) is 67.1 Å². The lowest BCUT2D eigenvalue weighted by molar-refractivity contribution is 0.102. The summed E-state index contributed by atoms with van der Waals surface area (Å²) < 4.78 is 6.01. The standard InChI is InChI=1S/C28H19N5O2.2C2H6/c29-18-19-1-10-26-25(17-19)27(13-16-31-26)35-24-8-2-20(3-9-24)28(34)33-22-6-4-21(5-7-22)32-23-11-14-30-15-12-23;2*1-2/h1-17H,(H,30,32)(H,33,34);2*1-2H3. The van der Waals surface area contributed by atoms with Crippen molar-refractivity contribution in [1.29, 1.82) is 5.26 Å². The SMILES string of the molecule is CC.CC.N#Cc1ccc2nccc(Oc3ccc(C(=O)Nc4ccc(Nc5ccncc5)cc4)cc3)c2c1. The molecule has 7 heteroatoms. The van der Waals surface area contributed by atoms with E-state index in [0.29, 0.717) is 28.3 Å². The quantitative estimate of drug-likeness (QED) is 0.235. The zero-order valence-corrected chi connectivity index (χ0v) is 22.5. The van der Waals surface area contributed by atoms with Crippen LogP contribution in [0.2, 0.25) is 0 Å². The zero-order valence-electron chi connectivity index (χ0n) is 22.5. The molecule has 0 fully saturated rings. The lowest BCUT2D eigenvalue weighted by atomic mass is 10.1. The molecule has 5 rings (SSSR count). The van der Waals surface area contributed by atoms with Gasteiger partial charge < -0.3 is 15.4 Å². The number of benzene rings is 3. The van der Waals surface area contributed by atoms with E-state index in [0.717, 1.165) is 22.3 Å². The van der Waals surface area contributed by atoms with Crippen LogP contribution in [0, 0.1) is 11.3 Å². The van der Waals surface area contributed by atoms with Crippen molar-refractivity contribution in [2.75, 3.05) is 10.6 Å². The normalized spacial score (nSPS) is 9.62. The molecule has 39 heavy (non-hydrogen) atoms. The number of ether oxygens (including phenoxy) is 1. The Balaban J connectivity index is 0.00000100. The second-order valence-corrected chi connectivity index (χ2v) is 7.67. The molecule has 7 nitrogen and oxygen atoms in total. The number of carbonyl (C=O) groups is 1. The topological polar surface area (TPSA) is 99.9 Å². The van der Waals surface area contributed by atoms with Gasteiger partial charge in [-0.15, -0.1) is 0 Å². The highest BCUT2D eigenvalue weighted by Gasteiger charge is 2.09. The third-order valence-corrected chi connectivity index (χ3v) is 5.29. The van der Waals surface area contributed by atoms with E-state index >= 15 is 0 Å². The first-order chi connectivity index (χ1) is 19.2. The van der Waals surface area contributed by atoms with E-state index < -0.39 is 0 Å². The highest BCUT2D eigenvalue weighted by molar-refractivity contribution is 6.04. The molecule has 0 radical (unpaired) electrons. The van der Waals surface area contributed by atoms with Gasteiger partial charge in [0.25, 0.3) is 5.91 Å². The van der Waals surface area contributed by atoms with Crippen LogP contribution < -0.4 is 15.4 Å². The molecule has 0 unspecified atom stereocenters. The van der Waals surface area contributed by atoms with Crippen molar-refractivity contribution in [3.8, 4) is 17.6 Å². The number of fused-ring (bicyclic) bond motifs is 1. The third-order valence-electron chi connectivity index (χ3n) is 5.29. The molecule has 0 bridgehead atoms. The van der Waals surface area contributed by atoms with Crippen LogP contribution >= 0.6 is 0 Å². The van der Waals surface area contributed by atoms with Crippen molar-refractivity contribution < 1.29 is 9.53 Å². The van der Waals surface area contributed by atoms with E-state index in [9.17, 15) is 10.1 Å². The van der Waals surface area contributed by atoms with Gasteiger partial charge in [0, 0.05) is 46.6 Å². The average molecular weight is 518 g/mol. The molecule has 196 valence electrons. The fourth-order valence-electron chi connectivity index (χ4n) is 3.52. The van der Waals surface area contributed by atoms with Gasteiger partial charge in [-0.25, -0.2) is 0 Å². The fourth-order valence-corrected chi connectivity index (χ4v) is 3.52. The van der Waals surface area contributed by atoms with E-state index in [4.69, 9.17) is 4.74 Å². The van der Waals surface area contributed by atoms with Gasteiger partial charge in [0.05, 0.1) is 17.1 Å². The maximum atomic E-state index is 12.7. The summed E-state index contributed by atoms with van der Waals surface area (Å²) in [6.45, 7) is 8.00. The number of anilines is 3. The second-order valence-electron chi connectivity index (χ2n) is 7.67. The maximum Gasteiger partial charge on any atom is 0.255 e. The molecule has 0 spiro atoms. The molecule has 2 aromatic heterocycles. The van der Waals surface area contributed by atoms with E-state index in [2.05, 4.69) is 26.7 Å². The van der Waals surface area contributed by atoms with Crippen LogP contribution in [0.4, 0.5) is 17.1 Å². The second kappa shape index (κ2) is 14.5. The van der Waals surface area contributed by atoms with Gasteiger partial charge in [0.15, 0.2) is 0 Å². The van der Waals surface area contributed by atoms with Gasteiger partial charge in [0.2, 0.25) is 0 Å². The van der Waals surface area contributed by atoms with Crippen LogP contribution in [-0.4, -0.2) is 15.9 Å². The zero-order chi connectivity index (χ0) is 28.0. The van der Waals surface area contributed by atoms with E-state index in [1.165, 1.54) is 0 Å². The Morgan fingerprint density at radius 2 is 1.41 bits per heavy atom. The van der Waals surface area contributed by atoms with Gasteiger partial charge >= 0.3 is 0 Å². The van der Waals surface area contributed by atoms with Gasteiger partial charge in [-0.1, -0.05) is 27.7 Å². The molecule has 0 saturated carbocycles. The smallest absolute Gasteiger partial charge is 0.255 e. The molecular weight excluding hydrogens is 486 g/mol. The first-order valence-corrected chi connectivity index (χ1v) is 12.8. The number of pyridine rings is 2. The van der Waals surface area contributed by atoms with Crippen LogP contribution in [0.25, 0.3) is 10.9 Å². The largest absolute Gasteiger partial charge is 0.457 e. The molecule has 3 aromatic carbocycles. The number of nitriles is 1. The monoisotopic (exact) mass is 517 g/mol. The lowest BCUT2D eigenvalue weighted by Crippen LogP contribution is -2.11. The lowest BCUT2D eigenvalue weighted by Gasteiger charge is -2.10. The molecule has 0 aliphatic rings. The van der Waals surface area contributed by atoms with Crippen LogP contribution in [0.1, 0.15) is 43.6 Å². The highest BCUT2D eigenvalue weighted by Crippen LogP contribution is 2.29. The van der Waals surface area contributed by atoms with Gasteiger partial charge in [-0.05, 0) is 84.9 Å². The first kappa shape index (κ1) is 28.4. The predicted molar refractivity (Wildman–Crippen MR) is 158 cm³/mol. The summed E-state index contributed by atoms with van der Waals surface area (Å²) in [5, 5.41) is 16.1. The van der Waals surface area contributed by atoms with Crippen molar-refractivity contribution >= 4 is 33.9 Å². The Kier molecular flexibility index (Phi) is 10.5. The van der Waals surface area contributed by atoms with Crippen LogP contribution in [0.15, 0.2) is 104 Å². The van der Waals surface area contributed by atoms with Crippen LogP contribution in [0.3, 0.4) is 0 Å². The Hall–Kier alpha value is -5.22. The van der Waals surface area contributed by atoms with Crippen molar-refractivity contribution in [2.24, 2.45) is 0 Å². The van der Waals surface area contributed by atoms with E-state index in [-0.39, 0.29) is 5.91 Å². The van der Waals surface area contributed by atoms with Crippen LogP contribution in [-0.2, 0) is 0 Å². The molecule has 0 aliphatic heterocycles. The Bertz CT molecular complexity index is 1530. The summed E-state index contributed by atoms with van der Waals surface area (Å²) in [6.07, 6.45) is 5.09. The molecule has 1 amide bonds. The summed E-state index contributed by atoms with van der Waals surface area (Å²) in [5.74, 6) is 0.937. The number of carbonyl (C=O) groups excluding carboxylic acids is 1. The minimum Gasteiger partial charge on any atom is -0.457 e. The number of nitrogens with zero attached hydrogens (tertiary/aromatic N) is 3. The molecule has 2 N–H and O–H groups in total. The summed E-state index contributed by atoms with van der Waals surface area (Å²) >= 11 is 0. The minimum atomic E-state index is -0.223. The number of hydrogen-bond donors (Lipinski definition) is 2. The van der Waals surface area contributed by atoms with Crippen molar-refractivity contribution in [3.05, 3.63) is 115 Å². The highest BCUT2D eigenvalue weighted by atomic mass is 16.5. The number of hydrogen-bond acceptors (Lipinski definition) is 6. The van der Waals surface area contributed by atoms with Crippen molar-refractivity contribution in [2.45, 2.75) is 27.7 Å². The summed E-state index contributed by atoms with van der Waals surface area (Å²) in [6, 6.07) is 27.2. The summed E-state index contributed by atoms with van der Waals surface area (Å²) in [5.41, 5.74) is 4.29. The third kappa shape index (κ3) is 7.63. The van der Waals surface area contributed by atoms with Crippen LogP contribution in [0.5, 0.6) is 11.5 Å². The summed E-state index contributed by atoms with van der Waals surface area (Å²) in [4.78, 5) is 21.0.